The van der Waals surface area contributed by atoms with Gasteiger partial charge in [0.1, 0.15) is 17.6 Å². The minimum atomic E-state index is -0.388. The van der Waals surface area contributed by atoms with E-state index in [9.17, 15) is 4.39 Å². The van der Waals surface area contributed by atoms with E-state index in [-0.39, 0.29) is 34.3 Å². The van der Waals surface area contributed by atoms with E-state index in [1.807, 2.05) is 0 Å². The second-order valence-electron chi connectivity index (χ2n) is 4.57. The van der Waals surface area contributed by atoms with E-state index in [0.717, 1.165) is 0 Å². The molecule has 0 fully saturated rings. The molecule has 1 N–H and O–H groups in total. The Morgan fingerprint density at radius 1 is 1.38 bits per heavy atom. The smallest absolute Gasteiger partial charge is 0.289 e. The van der Waals surface area contributed by atoms with Crippen LogP contribution >= 0.6 is 23.8 Å². The van der Waals surface area contributed by atoms with Gasteiger partial charge in [0, 0.05) is 11.6 Å². The molecular formula is C14H11ClFN5O2S. The van der Waals surface area contributed by atoms with Crippen LogP contribution in [0.3, 0.4) is 0 Å². The van der Waals surface area contributed by atoms with Crippen molar-refractivity contribution in [3.8, 4) is 17.3 Å². The van der Waals surface area contributed by atoms with Crippen LogP contribution in [0.5, 0.6) is 5.88 Å². The summed E-state index contributed by atoms with van der Waals surface area (Å²) in [4.78, 5) is 8.22. The molecule has 24 heavy (non-hydrogen) atoms. The lowest BCUT2D eigenvalue weighted by atomic mass is 10.2. The molecule has 0 aliphatic carbocycles. The maximum absolute atomic E-state index is 13.3. The number of aromatic nitrogens is 4. The molecule has 0 aliphatic rings. The molecule has 10 heteroatoms. The second kappa shape index (κ2) is 6.93. The molecular weight excluding hydrogens is 357 g/mol. The highest BCUT2D eigenvalue weighted by Crippen LogP contribution is 2.19. The van der Waals surface area contributed by atoms with Crippen molar-refractivity contribution in [3.63, 3.8) is 0 Å². The van der Waals surface area contributed by atoms with Crippen molar-refractivity contribution < 1.29 is 13.5 Å². The lowest BCUT2D eigenvalue weighted by molar-refractivity contribution is 0.397. The van der Waals surface area contributed by atoms with Crippen LogP contribution in [0.4, 0.5) is 10.3 Å². The molecule has 0 amide bonds. The van der Waals surface area contributed by atoms with E-state index in [4.69, 9.17) is 33.0 Å². The van der Waals surface area contributed by atoms with Crippen molar-refractivity contribution >= 4 is 29.8 Å². The Balaban J connectivity index is 1.79. The van der Waals surface area contributed by atoms with Gasteiger partial charge in [0.25, 0.3) is 4.84 Å². The maximum Gasteiger partial charge on any atom is 0.289 e. The van der Waals surface area contributed by atoms with Gasteiger partial charge in [-0.3, -0.25) is 0 Å². The zero-order valence-electron chi connectivity index (χ0n) is 12.4. The first-order valence-electron chi connectivity index (χ1n) is 6.71. The molecule has 0 saturated heterocycles. The van der Waals surface area contributed by atoms with Crippen molar-refractivity contribution in [2.24, 2.45) is 0 Å². The summed E-state index contributed by atoms with van der Waals surface area (Å²) in [5, 5.41) is 7.33. The first-order valence-corrected chi connectivity index (χ1v) is 7.50. The molecule has 0 bridgehead atoms. The van der Waals surface area contributed by atoms with E-state index in [2.05, 4.69) is 20.4 Å². The number of ether oxygens (including phenoxy) is 1. The number of hydrogen-bond acceptors (Lipinski definition) is 7. The molecule has 0 aliphatic heterocycles. The first kappa shape index (κ1) is 16.3. The van der Waals surface area contributed by atoms with Crippen LogP contribution in [0.15, 0.2) is 34.7 Å². The summed E-state index contributed by atoms with van der Waals surface area (Å²) in [5.41, 5.74) is 0.487. The number of nitrogens with zero attached hydrogens (tertiary/aromatic N) is 4. The molecule has 1 aromatic carbocycles. The molecule has 3 rings (SSSR count). The van der Waals surface area contributed by atoms with Gasteiger partial charge in [-0.15, -0.1) is 5.10 Å². The third-order valence-corrected chi connectivity index (χ3v) is 3.43. The van der Waals surface area contributed by atoms with Crippen LogP contribution in [-0.4, -0.2) is 26.9 Å². The van der Waals surface area contributed by atoms with Crippen LogP contribution in [-0.2, 0) is 6.67 Å². The summed E-state index contributed by atoms with van der Waals surface area (Å²) in [5.74, 6) is 0.393. The first-order chi connectivity index (χ1) is 11.5. The fraction of sp³-hybridized carbons (Fsp3) is 0.143. The minimum Gasteiger partial charge on any atom is -0.481 e. The Kier molecular flexibility index (Phi) is 4.72. The number of methoxy groups -OCH3 is 1. The molecule has 2 aromatic heterocycles. The lowest BCUT2D eigenvalue weighted by Gasteiger charge is -2.06. The van der Waals surface area contributed by atoms with Gasteiger partial charge in [0.2, 0.25) is 17.7 Å². The van der Waals surface area contributed by atoms with E-state index >= 15 is 0 Å². The third-order valence-electron chi connectivity index (χ3n) is 2.95. The molecule has 124 valence electrons. The summed E-state index contributed by atoms with van der Waals surface area (Å²) in [6, 6.07) is 7.36. The minimum absolute atomic E-state index is 0.121. The van der Waals surface area contributed by atoms with Crippen LogP contribution in [0, 0.1) is 10.7 Å². The van der Waals surface area contributed by atoms with Crippen molar-refractivity contribution in [2.75, 3.05) is 12.4 Å². The predicted octanol–water partition coefficient (Wildman–Crippen LogP) is 3.53. The molecule has 2 heterocycles. The largest absolute Gasteiger partial charge is 0.481 e. The quantitative estimate of drug-likeness (QED) is 0.546. The Bertz CT molecular complexity index is 930. The average Bonchev–Trinajstić information content (AvgIpc) is 2.93. The number of anilines is 1. The van der Waals surface area contributed by atoms with Crippen LogP contribution in [0.2, 0.25) is 5.15 Å². The molecule has 0 spiro atoms. The number of benzene rings is 1. The summed E-state index contributed by atoms with van der Waals surface area (Å²) >= 11 is 11.0. The zero-order valence-corrected chi connectivity index (χ0v) is 13.9. The Labute approximate surface area is 146 Å². The summed E-state index contributed by atoms with van der Waals surface area (Å²) in [6.07, 6.45) is 0. The topological polar surface area (TPSA) is 78.0 Å². The third kappa shape index (κ3) is 3.69. The summed E-state index contributed by atoms with van der Waals surface area (Å²) in [7, 11) is 1.47. The fourth-order valence-electron chi connectivity index (χ4n) is 1.87. The lowest BCUT2D eigenvalue weighted by Crippen LogP contribution is -2.12. The maximum atomic E-state index is 13.3. The number of nitrogens with one attached hydrogen (secondary N) is 1. The van der Waals surface area contributed by atoms with Crippen LogP contribution in [0.1, 0.15) is 0 Å². The number of hydrogen-bond donors (Lipinski definition) is 1. The van der Waals surface area contributed by atoms with Crippen LogP contribution < -0.4 is 10.1 Å². The SMILES string of the molecule is COc1cc(Cl)nc(NCn2nc(-c3cccc(F)c3)oc2=S)n1. The standard InChI is InChI=1S/C14H11ClFN5O2S/c1-22-11-6-10(15)18-13(19-11)17-7-21-14(24)23-12(20-21)8-3-2-4-9(16)5-8/h2-6H,7H2,1H3,(H,17,18,19). The number of rotatable bonds is 5. The molecule has 0 unspecified atom stereocenters. The monoisotopic (exact) mass is 367 g/mol. The van der Waals surface area contributed by atoms with Crippen LogP contribution in [0.25, 0.3) is 11.5 Å². The van der Waals surface area contributed by atoms with Gasteiger partial charge in [-0.25, -0.2) is 14.1 Å². The van der Waals surface area contributed by atoms with E-state index in [1.165, 1.54) is 30.0 Å². The Morgan fingerprint density at radius 2 is 2.21 bits per heavy atom. The van der Waals surface area contributed by atoms with E-state index < -0.39 is 0 Å². The normalized spacial score (nSPS) is 10.6. The Hall–Kier alpha value is -2.52. The van der Waals surface area contributed by atoms with Gasteiger partial charge in [-0.05, 0) is 30.4 Å². The highest BCUT2D eigenvalue weighted by Gasteiger charge is 2.10. The van der Waals surface area contributed by atoms with Gasteiger partial charge < -0.3 is 14.5 Å². The summed E-state index contributed by atoms with van der Waals surface area (Å²) < 4.78 is 25.1. The molecule has 0 saturated carbocycles. The highest BCUT2D eigenvalue weighted by molar-refractivity contribution is 7.71. The highest BCUT2D eigenvalue weighted by atomic mass is 35.5. The molecule has 7 nitrogen and oxygen atoms in total. The van der Waals surface area contributed by atoms with E-state index in [1.54, 1.807) is 12.1 Å². The Morgan fingerprint density at radius 3 is 2.96 bits per heavy atom. The molecule has 3 aromatic rings. The van der Waals surface area contributed by atoms with Crippen molar-refractivity contribution in [2.45, 2.75) is 6.67 Å². The van der Waals surface area contributed by atoms with Gasteiger partial charge >= 0.3 is 0 Å². The van der Waals surface area contributed by atoms with Gasteiger partial charge in [-0.1, -0.05) is 17.7 Å². The molecule has 0 atom stereocenters. The summed E-state index contributed by atoms with van der Waals surface area (Å²) in [6.45, 7) is 0.140. The van der Waals surface area contributed by atoms with E-state index in [0.29, 0.717) is 11.4 Å². The molecule has 0 radical (unpaired) electrons. The van der Waals surface area contributed by atoms with Crippen molar-refractivity contribution in [3.05, 3.63) is 46.1 Å². The van der Waals surface area contributed by atoms with Gasteiger partial charge in [0.05, 0.1) is 7.11 Å². The average molecular weight is 368 g/mol. The van der Waals surface area contributed by atoms with Crippen molar-refractivity contribution in [1.29, 1.82) is 0 Å². The zero-order chi connectivity index (χ0) is 17.1. The van der Waals surface area contributed by atoms with Crippen molar-refractivity contribution in [1.82, 2.24) is 19.7 Å². The second-order valence-corrected chi connectivity index (χ2v) is 5.31. The predicted molar refractivity (Wildman–Crippen MR) is 87.9 cm³/mol. The van der Waals surface area contributed by atoms with Gasteiger partial charge in [0.15, 0.2) is 0 Å². The number of halogens is 2. The van der Waals surface area contributed by atoms with Gasteiger partial charge in [-0.2, -0.15) is 4.98 Å². The fourth-order valence-corrected chi connectivity index (χ4v) is 2.23.